The summed E-state index contributed by atoms with van der Waals surface area (Å²) < 4.78 is 1.01. The molecule has 0 aliphatic rings. The molecular weight excluding hydrogens is 362 g/mol. The Morgan fingerprint density at radius 2 is 1.82 bits per heavy atom. The van der Waals surface area contributed by atoms with Crippen molar-refractivity contribution in [3.63, 3.8) is 0 Å². The molecule has 2 nitrogen and oxygen atoms in total. The standard InChI is InChI=1S/C18H19BrClNO/c1-21(2)16-8-6-13(7-9-16)18(11-17(22)12-20)14-4-3-5-15(19)10-14/h3-10,18H,11-12H2,1-2H3. The number of hydrogen-bond donors (Lipinski definition) is 0. The number of anilines is 1. The molecule has 1 unspecified atom stereocenters. The SMILES string of the molecule is CN(C)c1ccc(C(CC(=O)CCl)c2cccc(Br)c2)cc1. The van der Waals surface area contributed by atoms with E-state index < -0.39 is 0 Å². The predicted octanol–water partition coefficient (Wildman–Crippen LogP) is 4.85. The number of carbonyl (C=O) groups excluding carboxylic acids is 1. The fourth-order valence-corrected chi connectivity index (χ4v) is 2.96. The predicted molar refractivity (Wildman–Crippen MR) is 97.1 cm³/mol. The summed E-state index contributed by atoms with van der Waals surface area (Å²) in [6.45, 7) is 0. The summed E-state index contributed by atoms with van der Waals surface area (Å²) in [5.74, 6) is 0.142. The van der Waals surface area contributed by atoms with Gasteiger partial charge in [-0.2, -0.15) is 0 Å². The van der Waals surface area contributed by atoms with E-state index in [0.29, 0.717) is 6.42 Å². The molecular formula is C18H19BrClNO. The first kappa shape index (κ1) is 17.0. The molecule has 1 atom stereocenters. The maximum absolute atomic E-state index is 11.9. The highest BCUT2D eigenvalue weighted by Gasteiger charge is 2.18. The Labute approximate surface area is 145 Å². The number of carbonyl (C=O) groups is 1. The molecule has 0 aromatic heterocycles. The van der Waals surface area contributed by atoms with Crippen LogP contribution >= 0.6 is 27.5 Å². The largest absolute Gasteiger partial charge is 0.378 e. The molecule has 0 aliphatic heterocycles. The van der Waals surface area contributed by atoms with Crippen molar-refractivity contribution in [1.82, 2.24) is 0 Å². The van der Waals surface area contributed by atoms with Gasteiger partial charge in [-0.3, -0.25) is 4.79 Å². The summed E-state index contributed by atoms with van der Waals surface area (Å²) in [5.41, 5.74) is 3.38. The lowest BCUT2D eigenvalue weighted by Crippen LogP contribution is -2.11. The lowest BCUT2D eigenvalue weighted by molar-refractivity contribution is -0.116. The topological polar surface area (TPSA) is 20.3 Å². The van der Waals surface area contributed by atoms with Gasteiger partial charge in [-0.25, -0.2) is 0 Å². The molecule has 0 saturated heterocycles. The number of nitrogens with zero attached hydrogens (tertiary/aromatic N) is 1. The van der Waals surface area contributed by atoms with Gasteiger partial charge in [0.25, 0.3) is 0 Å². The number of ketones is 1. The molecule has 22 heavy (non-hydrogen) atoms. The van der Waals surface area contributed by atoms with Crippen molar-refractivity contribution in [2.24, 2.45) is 0 Å². The zero-order valence-corrected chi connectivity index (χ0v) is 15.1. The van der Waals surface area contributed by atoms with Crippen LogP contribution in [-0.4, -0.2) is 25.8 Å². The highest BCUT2D eigenvalue weighted by atomic mass is 79.9. The highest BCUT2D eigenvalue weighted by molar-refractivity contribution is 9.10. The van der Waals surface area contributed by atoms with Crippen LogP contribution in [0.4, 0.5) is 5.69 Å². The van der Waals surface area contributed by atoms with Gasteiger partial charge in [0, 0.05) is 36.6 Å². The van der Waals surface area contributed by atoms with Gasteiger partial charge in [-0.1, -0.05) is 40.2 Å². The van der Waals surface area contributed by atoms with Gasteiger partial charge < -0.3 is 4.90 Å². The van der Waals surface area contributed by atoms with Crippen molar-refractivity contribution >= 4 is 39.0 Å². The van der Waals surface area contributed by atoms with Crippen LogP contribution < -0.4 is 4.90 Å². The van der Waals surface area contributed by atoms with Gasteiger partial charge in [0.2, 0.25) is 0 Å². The van der Waals surface area contributed by atoms with E-state index in [1.54, 1.807) is 0 Å². The molecule has 0 heterocycles. The second kappa shape index (κ2) is 7.80. The summed E-state index contributed by atoms with van der Waals surface area (Å²) in [5, 5.41) is 0. The Balaban J connectivity index is 2.37. The van der Waals surface area contributed by atoms with Crippen molar-refractivity contribution in [1.29, 1.82) is 0 Å². The minimum absolute atomic E-state index is 0.0277. The van der Waals surface area contributed by atoms with Crippen molar-refractivity contribution in [2.45, 2.75) is 12.3 Å². The second-order valence-electron chi connectivity index (χ2n) is 5.47. The van der Waals surface area contributed by atoms with Crippen LogP contribution in [0.3, 0.4) is 0 Å². The van der Waals surface area contributed by atoms with Crippen LogP contribution in [0.25, 0.3) is 0 Å². The van der Waals surface area contributed by atoms with Gasteiger partial charge in [0.1, 0.15) is 5.78 Å². The monoisotopic (exact) mass is 379 g/mol. The third-order valence-corrected chi connectivity index (χ3v) is 4.44. The average Bonchev–Trinajstić information content (AvgIpc) is 2.52. The van der Waals surface area contributed by atoms with Crippen molar-refractivity contribution in [3.8, 4) is 0 Å². The van der Waals surface area contributed by atoms with E-state index in [4.69, 9.17) is 11.6 Å². The van der Waals surface area contributed by atoms with E-state index in [9.17, 15) is 4.79 Å². The number of alkyl halides is 1. The number of benzene rings is 2. The van der Waals surface area contributed by atoms with Crippen LogP contribution in [0, 0.1) is 0 Å². The lowest BCUT2D eigenvalue weighted by Gasteiger charge is -2.19. The Morgan fingerprint density at radius 1 is 1.14 bits per heavy atom. The first-order chi connectivity index (χ1) is 10.5. The van der Waals surface area contributed by atoms with Crippen LogP contribution in [0.15, 0.2) is 53.0 Å². The Morgan fingerprint density at radius 3 is 2.36 bits per heavy atom. The van der Waals surface area contributed by atoms with Crippen LogP contribution in [0.5, 0.6) is 0 Å². The molecule has 0 radical (unpaired) electrons. The fourth-order valence-electron chi connectivity index (χ4n) is 2.44. The quantitative estimate of drug-likeness (QED) is 0.668. The molecule has 0 aliphatic carbocycles. The maximum atomic E-state index is 11.9. The Hall–Kier alpha value is -1.32. The van der Waals surface area contributed by atoms with E-state index in [2.05, 4.69) is 57.2 Å². The fraction of sp³-hybridized carbons (Fsp3) is 0.278. The van der Waals surface area contributed by atoms with Gasteiger partial charge in [0.05, 0.1) is 5.88 Å². The smallest absolute Gasteiger partial charge is 0.148 e. The third kappa shape index (κ3) is 4.34. The van der Waals surface area contributed by atoms with Crippen LogP contribution in [0.2, 0.25) is 0 Å². The molecule has 2 rings (SSSR count). The molecule has 116 valence electrons. The number of rotatable bonds is 6. The summed E-state index contributed by atoms with van der Waals surface area (Å²) in [6, 6.07) is 16.4. The molecule has 0 saturated carbocycles. The molecule has 0 bridgehead atoms. The first-order valence-corrected chi connectivity index (χ1v) is 8.44. The summed E-state index contributed by atoms with van der Waals surface area (Å²) in [4.78, 5) is 13.9. The zero-order valence-electron chi connectivity index (χ0n) is 12.7. The molecule has 0 spiro atoms. The Kier molecular flexibility index (Phi) is 6.04. The van der Waals surface area contributed by atoms with Crippen LogP contribution in [-0.2, 0) is 4.79 Å². The van der Waals surface area contributed by atoms with E-state index in [1.165, 1.54) is 0 Å². The van der Waals surface area contributed by atoms with Crippen molar-refractivity contribution < 1.29 is 4.79 Å². The van der Waals surface area contributed by atoms with E-state index in [1.807, 2.05) is 26.2 Å². The summed E-state index contributed by atoms with van der Waals surface area (Å²) in [7, 11) is 4.02. The van der Waals surface area contributed by atoms with E-state index >= 15 is 0 Å². The summed E-state index contributed by atoms with van der Waals surface area (Å²) >= 11 is 9.20. The Bertz CT molecular complexity index is 640. The van der Waals surface area contributed by atoms with E-state index in [0.717, 1.165) is 21.3 Å². The second-order valence-corrected chi connectivity index (χ2v) is 6.65. The molecule has 2 aromatic rings. The zero-order chi connectivity index (χ0) is 16.1. The lowest BCUT2D eigenvalue weighted by atomic mass is 9.87. The number of halogens is 2. The van der Waals surface area contributed by atoms with Crippen molar-refractivity contribution in [3.05, 3.63) is 64.1 Å². The molecule has 2 aromatic carbocycles. The van der Waals surface area contributed by atoms with Crippen molar-refractivity contribution in [2.75, 3.05) is 24.9 Å². The maximum Gasteiger partial charge on any atom is 0.148 e. The highest BCUT2D eigenvalue weighted by Crippen LogP contribution is 2.31. The van der Waals surface area contributed by atoms with Gasteiger partial charge in [-0.05, 0) is 35.4 Å². The number of Topliss-reactive ketones (excluding diaryl/α,β-unsaturated/α-hetero) is 1. The number of hydrogen-bond acceptors (Lipinski definition) is 2. The van der Waals surface area contributed by atoms with Crippen LogP contribution in [0.1, 0.15) is 23.5 Å². The average molecular weight is 381 g/mol. The van der Waals surface area contributed by atoms with Gasteiger partial charge >= 0.3 is 0 Å². The van der Waals surface area contributed by atoms with E-state index in [-0.39, 0.29) is 17.6 Å². The van der Waals surface area contributed by atoms with Gasteiger partial charge in [0.15, 0.2) is 0 Å². The minimum atomic E-state index is 0.0277. The first-order valence-electron chi connectivity index (χ1n) is 7.11. The van der Waals surface area contributed by atoms with Gasteiger partial charge in [-0.15, -0.1) is 11.6 Å². The molecule has 4 heteroatoms. The minimum Gasteiger partial charge on any atom is -0.378 e. The molecule has 0 N–H and O–H groups in total. The molecule has 0 fully saturated rings. The summed E-state index contributed by atoms with van der Waals surface area (Å²) in [6.07, 6.45) is 0.418. The molecule has 0 amide bonds. The normalized spacial score (nSPS) is 12.0. The third-order valence-electron chi connectivity index (χ3n) is 3.64.